The van der Waals surface area contributed by atoms with Gasteiger partial charge in [0.1, 0.15) is 29.6 Å². The van der Waals surface area contributed by atoms with Gasteiger partial charge in [0, 0.05) is 35.8 Å². The molecule has 6 heteroatoms. The maximum Gasteiger partial charge on any atom is 0.231 e. The van der Waals surface area contributed by atoms with Gasteiger partial charge in [-0.05, 0) is 54.1 Å². The van der Waals surface area contributed by atoms with Gasteiger partial charge in [0.15, 0.2) is 5.76 Å². The molecule has 2 heterocycles. The number of ether oxygens (including phenoxy) is 4. The van der Waals surface area contributed by atoms with Crippen molar-refractivity contribution in [3.05, 3.63) is 89.3 Å². The Morgan fingerprint density at radius 2 is 1.64 bits per heavy atom. The predicted octanol–water partition coefficient (Wildman–Crippen LogP) is 5.39. The molecule has 6 nitrogen and oxygen atoms in total. The van der Waals surface area contributed by atoms with E-state index in [0.29, 0.717) is 23.7 Å². The number of nitrogens with zero attached hydrogens (tertiary/aromatic N) is 1. The van der Waals surface area contributed by atoms with Crippen LogP contribution in [-0.4, -0.2) is 24.6 Å². The van der Waals surface area contributed by atoms with Crippen molar-refractivity contribution in [2.45, 2.75) is 6.61 Å². The topological polar surface area (TPSA) is 58.9 Å². The van der Waals surface area contributed by atoms with Gasteiger partial charge >= 0.3 is 0 Å². The Morgan fingerprint density at radius 1 is 0.909 bits per heavy atom. The van der Waals surface area contributed by atoms with Crippen LogP contribution in [0.25, 0.3) is 17.0 Å². The van der Waals surface area contributed by atoms with Gasteiger partial charge in [-0.2, -0.15) is 0 Å². The van der Waals surface area contributed by atoms with Gasteiger partial charge in [0.05, 0.1) is 19.8 Å². The Hall–Kier alpha value is -4.19. The van der Waals surface area contributed by atoms with Crippen LogP contribution in [0, 0.1) is 0 Å². The van der Waals surface area contributed by atoms with E-state index in [2.05, 4.69) is 0 Å². The number of Topliss-reactive ketones (excluding diaryl/α,β-unsaturated/α-hetero) is 1. The van der Waals surface area contributed by atoms with Crippen molar-refractivity contribution in [2.24, 2.45) is 7.05 Å². The van der Waals surface area contributed by atoms with E-state index in [1.165, 1.54) is 0 Å². The highest BCUT2D eigenvalue weighted by atomic mass is 16.5. The minimum atomic E-state index is -0.147. The van der Waals surface area contributed by atoms with Gasteiger partial charge in [-0.25, -0.2) is 0 Å². The molecule has 4 aromatic rings. The molecule has 0 fully saturated rings. The Labute approximate surface area is 191 Å². The van der Waals surface area contributed by atoms with Crippen LogP contribution in [0.2, 0.25) is 0 Å². The smallest absolute Gasteiger partial charge is 0.231 e. The second-order valence-corrected chi connectivity index (χ2v) is 7.81. The molecule has 0 amide bonds. The molecule has 3 aromatic carbocycles. The average molecular weight is 441 g/mol. The van der Waals surface area contributed by atoms with Crippen molar-refractivity contribution < 1.29 is 23.7 Å². The second-order valence-electron chi connectivity index (χ2n) is 7.81. The van der Waals surface area contributed by atoms with Gasteiger partial charge in [-0.15, -0.1) is 0 Å². The number of hydrogen-bond donors (Lipinski definition) is 0. The van der Waals surface area contributed by atoms with Crippen molar-refractivity contribution in [1.29, 1.82) is 0 Å². The van der Waals surface area contributed by atoms with E-state index in [0.717, 1.165) is 33.5 Å². The Morgan fingerprint density at radius 3 is 2.39 bits per heavy atom. The number of carbonyl (C=O) groups is 1. The molecule has 0 radical (unpaired) electrons. The molecule has 0 N–H and O–H groups in total. The lowest BCUT2D eigenvalue weighted by molar-refractivity contribution is 0.101. The van der Waals surface area contributed by atoms with E-state index in [1.54, 1.807) is 38.5 Å². The molecule has 5 rings (SSSR count). The minimum absolute atomic E-state index is 0.147. The third-order valence-corrected chi connectivity index (χ3v) is 5.72. The summed E-state index contributed by atoms with van der Waals surface area (Å²) in [5.41, 5.74) is 3.47. The molecule has 0 bridgehead atoms. The van der Waals surface area contributed by atoms with Crippen LogP contribution < -0.4 is 18.9 Å². The predicted molar refractivity (Wildman–Crippen MR) is 126 cm³/mol. The van der Waals surface area contributed by atoms with Crippen LogP contribution >= 0.6 is 0 Å². The summed E-state index contributed by atoms with van der Waals surface area (Å²) in [5.74, 6) is 2.82. The SMILES string of the molecule is COc1ccc(COc2ccc3c(c2)OC(=Cc2cn(C)c4ccc(OC)cc24)C3=O)cc1. The van der Waals surface area contributed by atoms with Crippen LogP contribution in [0.15, 0.2) is 72.6 Å². The van der Waals surface area contributed by atoms with E-state index in [9.17, 15) is 4.79 Å². The number of methoxy groups -OCH3 is 2. The number of aryl methyl sites for hydroxylation is 1. The zero-order chi connectivity index (χ0) is 22.9. The van der Waals surface area contributed by atoms with Crippen molar-refractivity contribution in [2.75, 3.05) is 14.2 Å². The number of carbonyl (C=O) groups excluding carboxylic acids is 1. The number of fused-ring (bicyclic) bond motifs is 2. The van der Waals surface area contributed by atoms with Crippen LogP contribution in [-0.2, 0) is 13.7 Å². The first-order valence-corrected chi connectivity index (χ1v) is 10.5. The molecule has 166 valence electrons. The van der Waals surface area contributed by atoms with E-state index in [-0.39, 0.29) is 11.5 Å². The first-order valence-electron chi connectivity index (χ1n) is 10.5. The van der Waals surface area contributed by atoms with Gasteiger partial charge in [0.2, 0.25) is 5.78 Å². The summed E-state index contributed by atoms with van der Waals surface area (Å²) in [7, 11) is 5.24. The fourth-order valence-corrected chi connectivity index (χ4v) is 3.93. The zero-order valence-electron chi connectivity index (χ0n) is 18.6. The van der Waals surface area contributed by atoms with Crippen molar-refractivity contribution in [3.8, 4) is 23.0 Å². The fraction of sp³-hybridized carbons (Fsp3) is 0.148. The Kier molecular flexibility index (Phi) is 5.26. The van der Waals surface area contributed by atoms with Crippen molar-refractivity contribution in [3.63, 3.8) is 0 Å². The maximum atomic E-state index is 12.9. The van der Waals surface area contributed by atoms with Crippen molar-refractivity contribution >= 4 is 22.8 Å². The zero-order valence-corrected chi connectivity index (χ0v) is 18.6. The summed E-state index contributed by atoms with van der Waals surface area (Å²) >= 11 is 0. The first kappa shape index (κ1) is 20.7. The Bertz CT molecular complexity index is 1380. The largest absolute Gasteiger partial charge is 0.497 e. The third-order valence-electron chi connectivity index (χ3n) is 5.72. The summed E-state index contributed by atoms with van der Waals surface area (Å²) in [6.07, 6.45) is 3.75. The highest BCUT2D eigenvalue weighted by Crippen LogP contribution is 2.36. The average Bonchev–Trinajstić information content (AvgIpc) is 3.33. The molecule has 1 aliphatic rings. The monoisotopic (exact) mass is 441 g/mol. The van der Waals surface area contributed by atoms with Crippen molar-refractivity contribution in [1.82, 2.24) is 4.57 Å². The molecule has 0 atom stereocenters. The molecule has 33 heavy (non-hydrogen) atoms. The second kappa shape index (κ2) is 8.39. The van der Waals surface area contributed by atoms with E-state index < -0.39 is 0 Å². The van der Waals surface area contributed by atoms with Crippen LogP contribution in [0.1, 0.15) is 21.5 Å². The van der Waals surface area contributed by atoms with Crippen LogP contribution in [0.4, 0.5) is 0 Å². The molecule has 1 aliphatic heterocycles. The molecule has 0 spiro atoms. The highest BCUT2D eigenvalue weighted by molar-refractivity contribution is 6.15. The summed E-state index contributed by atoms with van der Waals surface area (Å²) in [6.45, 7) is 0.400. The van der Waals surface area contributed by atoms with E-state index >= 15 is 0 Å². The summed E-state index contributed by atoms with van der Waals surface area (Å²) in [5, 5.41) is 0.986. The van der Waals surface area contributed by atoms with E-state index in [1.807, 2.05) is 60.3 Å². The molecule has 1 aromatic heterocycles. The molecular formula is C27H23NO5. The normalized spacial score (nSPS) is 13.8. The Balaban J connectivity index is 1.37. The summed E-state index contributed by atoms with van der Waals surface area (Å²) < 4.78 is 24.4. The van der Waals surface area contributed by atoms with Crippen LogP contribution in [0.5, 0.6) is 23.0 Å². The highest BCUT2D eigenvalue weighted by Gasteiger charge is 2.28. The molecular weight excluding hydrogens is 418 g/mol. The number of aromatic nitrogens is 1. The van der Waals surface area contributed by atoms with E-state index in [4.69, 9.17) is 18.9 Å². The first-order chi connectivity index (χ1) is 16.1. The quantitative estimate of drug-likeness (QED) is 0.376. The number of allylic oxidation sites excluding steroid dienone is 1. The molecule has 0 unspecified atom stereocenters. The molecule has 0 saturated carbocycles. The van der Waals surface area contributed by atoms with Gasteiger partial charge in [-0.1, -0.05) is 12.1 Å². The summed E-state index contributed by atoms with van der Waals surface area (Å²) in [6, 6.07) is 18.8. The van der Waals surface area contributed by atoms with Crippen LogP contribution in [0.3, 0.4) is 0 Å². The standard InChI is InChI=1S/C27H23NO5/c1-28-15-18(23-13-20(31-3)9-11-24(23)28)12-26-27(29)22-10-8-21(14-25(22)33-26)32-16-17-4-6-19(30-2)7-5-17/h4-15H,16H2,1-3H3. The third kappa shape index (κ3) is 3.91. The number of hydrogen-bond acceptors (Lipinski definition) is 5. The number of ketones is 1. The molecule has 0 saturated heterocycles. The molecule has 0 aliphatic carbocycles. The van der Waals surface area contributed by atoms with Gasteiger partial charge in [0.25, 0.3) is 0 Å². The maximum absolute atomic E-state index is 12.9. The lowest BCUT2D eigenvalue weighted by Gasteiger charge is -2.08. The summed E-state index contributed by atoms with van der Waals surface area (Å²) in [4.78, 5) is 12.9. The lowest BCUT2D eigenvalue weighted by Crippen LogP contribution is -1.98. The fourth-order valence-electron chi connectivity index (χ4n) is 3.93. The van der Waals surface area contributed by atoms with Gasteiger partial charge in [-0.3, -0.25) is 4.79 Å². The minimum Gasteiger partial charge on any atom is -0.497 e. The number of rotatable bonds is 6. The lowest BCUT2D eigenvalue weighted by atomic mass is 10.1. The van der Waals surface area contributed by atoms with Gasteiger partial charge < -0.3 is 23.5 Å². The number of benzene rings is 3.